The second-order valence-corrected chi connectivity index (χ2v) is 4.04. The highest BCUT2D eigenvalue weighted by Crippen LogP contribution is 1.96. The van der Waals surface area contributed by atoms with Crippen molar-refractivity contribution < 1.29 is 9.53 Å². The summed E-state index contributed by atoms with van der Waals surface area (Å²) in [6.45, 7) is 10.2. The number of hydrogen-bond donors (Lipinski definition) is 1. The average Bonchev–Trinajstić information content (AvgIpc) is 2.09. The lowest BCUT2D eigenvalue weighted by molar-refractivity contribution is -0.121. The highest BCUT2D eigenvalue weighted by molar-refractivity contribution is 5.80. The minimum atomic E-state index is 0.156. The molecule has 0 aromatic heterocycles. The number of carbonyl (C=O) groups is 1. The third-order valence-corrected chi connectivity index (χ3v) is 1.92. The second kappa shape index (κ2) is 7.94. The Hall–Kier alpha value is -0.410. The van der Waals surface area contributed by atoms with E-state index < -0.39 is 0 Å². The Balaban J connectivity index is 3.18. The van der Waals surface area contributed by atoms with Gasteiger partial charge in [-0.3, -0.25) is 4.79 Å². The predicted octanol–water partition coefficient (Wildman–Crippen LogP) is 1.62. The number of rotatable bonds is 8. The number of ketones is 1. The van der Waals surface area contributed by atoms with Gasteiger partial charge < -0.3 is 10.1 Å². The van der Waals surface area contributed by atoms with Crippen molar-refractivity contribution in [3.05, 3.63) is 0 Å². The number of ether oxygens (including phenoxy) is 1. The maximum atomic E-state index is 11.2. The molecule has 0 saturated carbocycles. The Bertz CT molecular complexity index is 155. The monoisotopic (exact) mass is 201 g/mol. The van der Waals surface area contributed by atoms with Crippen LogP contribution >= 0.6 is 0 Å². The fourth-order valence-corrected chi connectivity index (χ4v) is 0.992. The van der Waals surface area contributed by atoms with E-state index in [1.165, 1.54) is 0 Å². The molecule has 0 heterocycles. The molecule has 0 fully saturated rings. The summed E-state index contributed by atoms with van der Waals surface area (Å²) in [6, 6.07) is 0. The Morgan fingerprint density at radius 2 is 1.86 bits per heavy atom. The van der Waals surface area contributed by atoms with Crippen LogP contribution in [-0.2, 0) is 9.53 Å². The molecule has 0 aliphatic rings. The molecule has 0 aromatic carbocycles. The minimum absolute atomic E-state index is 0.156. The van der Waals surface area contributed by atoms with Crippen LogP contribution in [0.1, 0.15) is 34.1 Å². The molecule has 1 N–H and O–H groups in total. The van der Waals surface area contributed by atoms with Crippen molar-refractivity contribution in [1.82, 2.24) is 5.32 Å². The summed E-state index contributed by atoms with van der Waals surface area (Å²) in [5, 5.41) is 3.18. The van der Waals surface area contributed by atoms with Crippen LogP contribution in [0.5, 0.6) is 0 Å². The molecule has 0 aliphatic carbocycles. The lowest BCUT2D eigenvalue weighted by Gasteiger charge is -2.08. The van der Waals surface area contributed by atoms with E-state index in [1.54, 1.807) is 0 Å². The highest BCUT2D eigenvalue weighted by atomic mass is 16.5. The molecule has 0 aliphatic heterocycles. The van der Waals surface area contributed by atoms with Crippen molar-refractivity contribution in [2.75, 3.05) is 19.7 Å². The van der Waals surface area contributed by atoms with Crippen molar-refractivity contribution in [3.8, 4) is 0 Å². The van der Waals surface area contributed by atoms with Crippen molar-refractivity contribution >= 4 is 5.78 Å². The molecule has 0 aromatic rings. The van der Waals surface area contributed by atoms with Crippen LogP contribution in [0, 0.1) is 5.92 Å². The zero-order valence-corrected chi connectivity index (χ0v) is 9.80. The molecular weight excluding hydrogens is 178 g/mol. The fraction of sp³-hybridized carbons (Fsp3) is 0.909. The summed E-state index contributed by atoms with van der Waals surface area (Å²) >= 11 is 0. The summed E-state index contributed by atoms with van der Waals surface area (Å²) in [6.07, 6.45) is 0.911. The Morgan fingerprint density at radius 3 is 2.36 bits per heavy atom. The SMILES string of the molecule is CC(C)OCCNCCC(=O)C(C)C. The Labute approximate surface area is 87.2 Å². The molecule has 84 valence electrons. The minimum Gasteiger partial charge on any atom is -0.377 e. The molecule has 0 rings (SSSR count). The number of carbonyl (C=O) groups excluding carboxylic acids is 1. The molecule has 0 saturated heterocycles. The predicted molar refractivity (Wildman–Crippen MR) is 58.4 cm³/mol. The first kappa shape index (κ1) is 13.6. The van der Waals surface area contributed by atoms with Crippen LogP contribution in [0.3, 0.4) is 0 Å². The molecule has 14 heavy (non-hydrogen) atoms. The normalized spacial score (nSPS) is 11.3. The first-order valence-electron chi connectivity index (χ1n) is 5.39. The van der Waals surface area contributed by atoms with E-state index in [2.05, 4.69) is 5.32 Å². The first-order chi connectivity index (χ1) is 6.54. The third kappa shape index (κ3) is 8.20. The van der Waals surface area contributed by atoms with Crippen LogP contribution < -0.4 is 5.32 Å². The highest BCUT2D eigenvalue weighted by Gasteiger charge is 2.05. The van der Waals surface area contributed by atoms with Gasteiger partial charge in [-0.25, -0.2) is 0 Å². The number of Topliss-reactive ketones (excluding diaryl/α,β-unsaturated/α-hetero) is 1. The van der Waals surface area contributed by atoms with Crippen molar-refractivity contribution in [2.45, 2.75) is 40.2 Å². The van der Waals surface area contributed by atoms with E-state index >= 15 is 0 Å². The van der Waals surface area contributed by atoms with Crippen molar-refractivity contribution in [1.29, 1.82) is 0 Å². The number of nitrogens with one attached hydrogen (secondary N) is 1. The van der Waals surface area contributed by atoms with E-state index in [1.807, 2.05) is 27.7 Å². The van der Waals surface area contributed by atoms with Gasteiger partial charge in [0.2, 0.25) is 0 Å². The molecule has 0 spiro atoms. The summed E-state index contributed by atoms with van der Waals surface area (Å²) in [4.78, 5) is 11.2. The standard InChI is InChI=1S/C11H23NO2/c1-9(2)11(13)5-6-12-7-8-14-10(3)4/h9-10,12H,5-8H2,1-4H3. The zero-order valence-electron chi connectivity index (χ0n) is 9.80. The van der Waals surface area contributed by atoms with Crippen LogP contribution in [0.25, 0.3) is 0 Å². The summed E-state index contributed by atoms with van der Waals surface area (Å²) in [5.41, 5.74) is 0. The van der Waals surface area contributed by atoms with E-state index in [4.69, 9.17) is 4.74 Å². The Kier molecular flexibility index (Phi) is 7.71. The molecule has 0 unspecified atom stereocenters. The topological polar surface area (TPSA) is 38.3 Å². The van der Waals surface area contributed by atoms with Gasteiger partial charge in [-0.2, -0.15) is 0 Å². The van der Waals surface area contributed by atoms with Crippen LogP contribution in [-0.4, -0.2) is 31.6 Å². The van der Waals surface area contributed by atoms with Gasteiger partial charge >= 0.3 is 0 Å². The molecule has 3 nitrogen and oxygen atoms in total. The lowest BCUT2D eigenvalue weighted by Crippen LogP contribution is -2.24. The van der Waals surface area contributed by atoms with E-state index in [-0.39, 0.29) is 12.0 Å². The van der Waals surface area contributed by atoms with Gasteiger partial charge in [0.15, 0.2) is 0 Å². The number of hydrogen-bond acceptors (Lipinski definition) is 3. The lowest BCUT2D eigenvalue weighted by atomic mass is 10.1. The Morgan fingerprint density at radius 1 is 1.21 bits per heavy atom. The fourth-order valence-electron chi connectivity index (χ4n) is 0.992. The maximum absolute atomic E-state index is 11.2. The average molecular weight is 201 g/mol. The summed E-state index contributed by atoms with van der Waals surface area (Å²) in [5.74, 6) is 0.478. The van der Waals surface area contributed by atoms with Gasteiger partial charge in [0.1, 0.15) is 5.78 Å². The van der Waals surface area contributed by atoms with Gasteiger partial charge in [-0.15, -0.1) is 0 Å². The molecule has 0 radical (unpaired) electrons. The van der Waals surface area contributed by atoms with Gasteiger partial charge in [-0.1, -0.05) is 13.8 Å². The quantitative estimate of drug-likeness (QED) is 0.606. The largest absolute Gasteiger partial charge is 0.377 e. The van der Waals surface area contributed by atoms with Gasteiger partial charge in [0, 0.05) is 25.4 Å². The van der Waals surface area contributed by atoms with Gasteiger partial charge in [-0.05, 0) is 13.8 Å². The maximum Gasteiger partial charge on any atom is 0.136 e. The zero-order chi connectivity index (χ0) is 11.0. The molecule has 0 bridgehead atoms. The van der Waals surface area contributed by atoms with Gasteiger partial charge in [0.05, 0.1) is 12.7 Å². The van der Waals surface area contributed by atoms with Crippen LogP contribution in [0.4, 0.5) is 0 Å². The van der Waals surface area contributed by atoms with Crippen molar-refractivity contribution in [3.63, 3.8) is 0 Å². The third-order valence-electron chi connectivity index (χ3n) is 1.92. The molecule has 0 amide bonds. The van der Waals surface area contributed by atoms with E-state index in [9.17, 15) is 4.79 Å². The van der Waals surface area contributed by atoms with Gasteiger partial charge in [0.25, 0.3) is 0 Å². The van der Waals surface area contributed by atoms with E-state index in [0.29, 0.717) is 18.8 Å². The molecule has 3 heteroatoms. The second-order valence-electron chi connectivity index (χ2n) is 4.04. The summed E-state index contributed by atoms with van der Waals surface area (Å²) in [7, 11) is 0. The first-order valence-corrected chi connectivity index (χ1v) is 5.39. The van der Waals surface area contributed by atoms with Crippen molar-refractivity contribution in [2.24, 2.45) is 5.92 Å². The van der Waals surface area contributed by atoms with E-state index in [0.717, 1.165) is 13.1 Å². The smallest absolute Gasteiger partial charge is 0.136 e. The summed E-state index contributed by atoms with van der Waals surface area (Å²) < 4.78 is 5.35. The van der Waals surface area contributed by atoms with Crippen LogP contribution in [0.15, 0.2) is 0 Å². The molecule has 0 atom stereocenters. The molecular formula is C11H23NO2. The van der Waals surface area contributed by atoms with Crippen LogP contribution in [0.2, 0.25) is 0 Å².